The topological polar surface area (TPSA) is 22.1 Å². The van der Waals surface area contributed by atoms with Gasteiger partial charge in [0.2, 0.25) is 0 Å². The number of nitrogens with zero attached hydrogens (tertiary/aromatic N) is 1. The Balaban J connectivity index is 2.08. The summed E-state index contributed by atoms with van der Waals surface area (Å²) in [5, 5.41) is 0. The highest BCUT2D eigenvalue weighted by atomic mass is 79.9. The number of aromatic nitrogens is 1. The quantitative estimate of drug-likeness (QED) is 0.706. The number of hydrogen-bond donors (Lipinski definition) is 0. The maximum Gasteiger partial charge on any atom is 0.0850 e. The minimum absolute atomic E-state index is 0.229. The molecule has 2 heterocycles. The Morgan fingerprint density at radius 1 is 1.54 bits per heavy atom. The molecule has 0 N–H and O–H groups in total. The van der Waals surface area contributed by atoms with Crippen LogP contribution in [0.25, 0.3) is 0 Å². The summed E-state index contributed by atoms with van der Waals surface area (Å²) in [5.41, 5.74) is 1.19. The monoisotopic (exact) mass is 241 g/mol. The zero-order valence-electron chi connectivity index (χ0n) is 7.32. The second-order valence-corrected chi connectivity index (χ2v) is 4.56. The number of halogens is 1. The molecule has 2 rings (SSSR count). The normalized spacial score (nSPS) is 28.7. The van der Waals surface area contributed by atoms with E-state index in [0.717, 1.165) is 19.4 Å². The number of rotatable bonds is 1. The van der Waals surface area contributed by atoms with Gasteiger partial charge >= 0.3 is 0 Å². The van der Waals surface area contributed by atoms with Crippen molar-refractivity contribution >= 4 is 15.9 Å². The Morgan fingerprint density at radius 2 is 2.46 bits per heavy atom. The molecule has 2 atom stereocenters. The van der Waals surface area contributed by atoms with E-state index in [4.69, 9.17) is 4.74 Å². The molecule has 1 aromatic heterocycles. The average Bonchev–Trinajstić information content (AvgIpc) is 2.19. The van der Waals surface area contributed by atoms with E-state index in [1.165, 1.54) is 5.56 Å². The van der Waals surface area contributed by atoms with Crippen molar-refractivity contribution in [3.05, 3.63) is 30.1 Å². The van der Waals surface area contributed by atoms with Gasteiger partial charge in [-0.15, -0.1) is 0 Å². The van der Waals surface area contributed by atoms with Gasteiger partial charge < -0.3 is 4.74 Å². The van der Waals surface area contributed by atoms with Crippen molar-refractivity contribution in [2.45, 2.75) is 23.8 Å². The molecule has 13 heavy (non-hydrogen) atoms. The number of ether oxygens (including phenoxy) is 1. The smallest absolute Gasteiger partial charge is 0.0850 e. The summed E-state index contributed by atoms with van der Waals surface area (Å²) in [4.78, 5) is 4.68. The van der Waals surface area contributed by atoms with Crippen molar-refractivity contribution < 1.29 is 4.74 Å². The summed E-state index contributed by atoms with van der Waals surface area (Å²) < 4.78 is 5.66. The van der Waals surface area contributed by atoms with Gasteiger partial charge in [-0.3, -0.25) is 4.98 Å². The van der Waals surface area contributed by atoms with E-state index in [9.17, 15) is 0 Å². The lowest BCUT2D eigenvalue weighted by Crippen LogP contribution is -2.19. The van der Waals surface area contributed by atoms with E-state index < -0.39 is 0 Å². The van der Waals surface area contributed by atoms with Gasteiger partial charge in [0.25, 0.3) is 0 Å². The summed E-state index contributed by atoms with van der Waals surface area (Å²) in [7, 11) is 0. The molecule has 70 valence electrons. The molecule has 0 spiro atoms. The van der Waals surface area contributed by atoms with Gasteiger partial charge in [0.1, 0.15) is 0 Å². The van der Waals surface area contributed by atoms with Crippen molar-refractivity contribution in [1.29, 1.82) is 0 Å². The van der Waals surface area contributed by atoms with E-state index in [2.05, 4.69) is 27.0 Å². The Hall–Kier alpha value is -0.410. The van der Waals surface area contributed by atoms with Gasteiger partial charge in [0, 0.05) is 23.8 Å². The zero-order chi connectivity index (χ0) is 9.10. The van der Waals surface area contributed by atoms with Crippen LogP contribution in [0.4, 0.5) is 0 Å². The van der Waals surface area contributed by atoms with E-state index in [1.807, 2.05) is 12.3 Å². The van der Waals surface area contributed by atoms with Gasteiger partial charge in [-0.05, 0) is 24.5 Å². The number of pyridine rings is 1. The largest absolute Gasteiger partial charge is 0.373 e. The SMILES string of the molecule is Br[C@@H]1CCO[C@@H](c2cccnc2)C1. The average molecular weight is 242 g/mol. The molecule has 0 bridgehead atoms. The highest BCUT2D eigenvalue weighted by Crippen LogP contribution is 2.30. The van der Waals surface area contributed by atoms with Crippen LogP contribution in [0.3, 0.4) is 0 Å². The van der Waals surface area contributed by atoms with E-state index in [-0.39, 0.29) is 6.10 Å². The Morgan fingerprint density at radius 3 is 3.15 bits per heavy atom. The van der Waals surface area contributed by atoms with Crippen LogP contribution >= 0.6 is 15.9 Å². The fourth-order valence-electron chi connectivity index (χ4n) is 1.56. The molecule has 0 amide bonds. The lowest BCUT2D eigenvalue weighted by molar-refractivity contribution is 0.0185. The maximum atomic E-state index is 5.66. The van der Waals surface area contributed by atoms with Crippen LogP contribution in [0, 0.1) is 0 Å². The molecule has 0 aliphatic carbocycles. The lowest BCUT2D eigenvalue weighted by atomic mass is 10.0. The van der Waals surface area contributed by atoms with Crippen molar-refractivity contribution in [3.8, 4) is 0 Å². The molecular formula is C10H12BrNO. The Labute approximate surface area is 86.5 Å². The Kier molecular flexibility index (Phi) is 2.96. The van der Waals surface area contributed by atoms with E-state index >= 15 is 0 Å². The highest BCUT2D eigenvalue weighted by molar-refractivity contribution is 9.09. The lowest BCUT2D eigenvalue weighted by Gasteiger charge is -2.26. The van der Waals surface area contributed by atoms with Crippen LogP contribution in [0.1, 0.15) is 24.5 Å². The van der Waals surface area contributed by atoms with Gasteiger partial charge in [0.05, 0.1) is 6.10 Å². The molecule has 1 aliphatic heterocycles. The number of alkyl halides is 1. The van der Waals surface area contributed by atoms with Crippen LogP contribution in [0.2, 0.25) is 0 Å². The molecule has 1 aliphatic rings. The van der Waals surface area contributed by atoms with Crippen LogP contribution in [-0.2, 0) is 4.74 Å². The molecule has 0 aromatic carbocycles. The van der Waals surface area contributed by atoms with Crippen LogP contribution in [0.15, 0.2) is 24.5 Å². The molecule has 0 unspecified atom stereocenters. The second kappa shape index (κ2) is 4.20. The fraction of sp³-hybridized carbons (Fsp3) is 0.500. The summed E-state index contributed by atoms with van der Waals surface area (Å²) in [5.74, 6) is 0. The summed E-state index contributed by atoms with van der Waals surface area (Å²) in [6.07, 6.45) is 6.06. The van der Waals surface area contributed by atoms with Crippen molar-refractivity contribution in [1.82, 2.24) is 4.98 Å². The summed E-state index contributed by atoms with van der Waals surface area (Å²) >= 11 is 3.63. The van der Waals surface area contributed by atoms with Crippen LogP contribution in [0.5, 0.6) is 0 Å². The minimum atomic E-state index is 0.229. The molecule has 0 saturated carbocycles. The first-order valence-corrected chi connectivity index (χ1v) is 5.43. The van der Waals surface area contributed by atoms with Crippen molar-refractivity contribution in [2.24, 2.45) is 0 Å². The van der Waals surface area contributed by atoms with Gasteiger partial charge in [-0.2, -0.15) is 0 Å². The third-order valence-electron chi connectivity index (χ3n) is 2.28. The summed E-state index contributed by atoms with van der Waals surface area (Å²) in [6.45, 7) is 0.843. The van der Waals surface area contributed by atoms with Crippen LogP contribution in [-0.4, -0.2) is 16.4 Å². The zero-order valence-corrected chi connectivity index (χ0v) is 8.90. The van der Waals surface area contributed by atoms with E-state index in [1.54, 1.807) is 6.20 Å². The number of hydrogen-bond acceptors (Lipinski definition) is 2. The van der Waals surface area contributed by atoms with Gasteiger partial charge in [-0.25, -0.2) is 0 Å². The highest BCUT2D eigenvalue weighted by Gasteiger charge is 2.21. The first-order valence-electron chi connectivity index (χ1n) is 4.52. The van der Waals surface area contributed by atoms with Crippen molar-refractivity contribution in [2.75, 3.05) is 6.61 Å². The molecule has 1 aromatic rings. The van der Waals surface area contributed by atoms with Gasteiger partial charge in [0.15, 0.2) is 0 Å². The molecule has 3 heteroatoms. The van der Waals surface area contributed by atoms with E-state index in [0.29, 0.717) is 4.83 Å². The first kappa shape index (κ1) is 9.16. The first-order chi connectivity index (χ1) is 6.36. The van der Waals surface area contributed by atoms with Crippen molar-refractivity contribution in [3.63, 3.8) is 0 Å². The molecule has 2 nitrogen and oxygen atoms in total. The fourth-order valence-corrected chi connectivity index (χ4v) is 2.08. The molecule has 1 saturated heterocycles. The molecule has 0 radical (unpaired) electrons. The van der Waals surface area contributed by atoms with Crippen LogP contribution < -0.4 is 0 Å². The third-order valence-corrected chi connectivity index (χ3v) is 3.11. The predicted octanol–water partition coefficient (Wildman–Crippen LogP) is 2.70. The Bertz CT molecular complexity index is 265. The minimum Gasteiger partial charge on any atom is -0.373 e. The van der Waals surface area contributed by atoms with Gasteiger partial charge in [-0.1, -0.05) is 22.0 Å². The maximum absolute atomic E-state index is 5.66. The standard InChI is InChI=1S/C10H12BrNO/c11-9-3-5-13-10(6-9)8-2-1-4-12-7-8/h1-2,4,7,9-10H,3,5-6H2/t9-,10-/m1/s1. The third kappa shape index (κ3) is 2.29. The molecular weight excluding hydrogens is 230 g/mol. The molecule has 1 fully saturated rings. The predicted molar refractivity (Wildman–Crippen MR) is 54.9 cm³/mol. The summed E-state index contributed by atoms with van der Waals surface area (Å²) in [6, 6.07) is 4.03. The second-order valence-electron chi connectivity index (χ2n) is 3.27.